The van der Waals surface area contributed by atoms with Gasteiger partial charge in [-0.25, -0.2) is 0 Å². The summed E-state index contributed by atoms with van der Waals surface area (Å²) in [5.41, 5.74) is 3.66. The van der Waals surface area contributed by atoms with E-state index < -0.39 is 0 Å². The normalized spacial score (nSPS) is 20.1. The molecule has 1 saturated heterocycles. The summed E-state index contributed by atoms with van der Waals surface area (Å²) in [5, 5.41) is 22.9. The lowest BCUT2D eigenvalue weighted by atomic mass is 9.79. The van der Waals surface area contributed by atoms with Crippen molar-refractivity contribution in [2.24, 2.45) is 5.92 Å². The second-order valence-corrected chi connectivity index (χ2v) is 8.54. The van der Waals surface area contributed by atoms with Crippen molar-refractivity contribution in [3.05, 3.63) is 59.2 Å². The number of nitrogens with zero attached hydrogens (tertiary/aromatic N) is 1. The lowest BCUT2D eigenvalue weighted by Crippen LogP contribution is -2.39. The highest BCUT2D eigenvalue weighted by molar-refractivity contribution is 5.40. The molecule has 0 amide bonds. The number of aromatic hydroxyl groups is 2. The number of nitrogens with one attached hydrogen (secondary N) is 1. The molecule has 2 aromatic carbocycles. The number of phenolic OH excluding ortho intramolecular Hbond substituents is 2. The molecule has 0 spiro atoms. The Labute approximate surface area is 175 Å². The van der Waals surface area contributed by atoms with E-state index in [4.69, 9.17) is 0 Å². The molecule has 4 heteroatoms. The monoisotopic (exact) mass is 396 g/mol. The fourth-order valence-electron chi connectivity index (χ4n) is 4.57. The second-order valence-electron chi connectivity index (χ2n) is 8.54. The Morgan fingerprint density at radius 1 is 1.03 bits per heavy atom. The number of aryl methyl sites for hydroxylation is 1. The van der Waals surface area contributed by atoms with Crippen molar-refractivity contribution >= 4 is 0 Å². The van der Waals surface area contributed by atoms with Gasteiger partial charge in [-0.15, -0.1) is 0 Å². The third kappa shape index (κ3) is 6.22. The molecule has 3 rings (SSSR count). The first-order valence-electron chi connectivity index (χ1n) is 11.0. The van der Waals surface area contributed by atoms with Gasteiger partial charge in [-0.2, -0.15) is 0 Å². The van der Waals surface area contributed by atoms with Crippen LogP contribution in [0.15, 0.2) is 42.5 Å². The predicted molar refractivity (Wildman–Crippen MR) is 120 cm³/mol. The average molecular weight is 397 g/mol. The van der Waals surface area contributed by atoms with E-state index >= 15 is 0 Å². The van der Waals surface area contributed by atoms with Crippen molar-refractivity contribution in [2.75, 3.05) is 32.7 Å². The zero-order valence-electron chi connectivity index (χ0n) is 17.9. The van der Waals surface area contributed by atoms with E-state index in [-0.39, 0.29) is 0 Å². The van der Waals surface area contributed by atoms with Gasteiger partial charge in [0.2, 0.25) is 0 Å². The van der Waals surface area contributed by atoms with Crippen LogP contribution in [0.3, 0.4) is 0 Å². The van der Waals surface area contributed by atoms with Gasteiger partial charge >= 0.3 is 0 Å². The molecule has 2 aromatic rings. The largest absolute Gasteiger partial charge is 0.508 e. The van der Waals surface area contributed by atoms with Crippen LogP contribution in [-0.4, -0.2) is 47.8 Å². The number of rotatable bonds is 9. The van der Waals surface area contributed by atoms with Crippen LogP contribution in [0.4, 0.5) is 0 Å². The molecule has 29 heavy (non-hydrogen) atoms. The molecule has 1 heterocycles. The van der Waals surface area contributed by atoms with Crippen LogP contribution < -0.4 is 5.32 Å². The van der Waals surface area contributed by atoms with Crippen molar-refractivity contribution < 1.29 is 10.2 Å². The molecular weight excluding hydrogens is 360 g/mol. The van der Waals surface area contributed by atoms with Crippen LogP contribution in [0.2, 0.25) is 0 Å². The van der Waals surface area contributed by atoms with E-state index in [1.54, 1.807) is 18.2 Å². The quantitative estimate of drug-likeness (QED) is 0.548. The lowest BCUT2D eigenvalue weighted by molar-refractivity contribution is 0.161. The summed E-state index contributed by atoms with van der Waals surface area (Å²) in [5.74, 6) is 1.93. The second kappa shape index (κ2) is 10.7. The highest BCUT2D eigenvalue weighted by Gasteiger charge is 2.28. The van der Waals surface area contributed by atoms with Gasteiger partial charge in [-0.05, 0) is 106 Å². The van der Waals surface area contributed by atoms with Crippen LogP contribution in [-0.2, 0) is 6.42 Å². The lowest BCUT2D eigenvalue weighted by Gasteiger charge is -2.38. The maximum Gasteiger partial charge on any atom is 0.118 e. The first-order chi connectivity index (χ1) is 14.0. The summed E-state index contributed by atoms with van der Waals surface area (Å²) in [6.07, 6.45) is 4.52. The van der Waals surface area contributed by atoms with Crippen LogP contribution in [0.5, 0.6) is 11.5 Å². The van der Waals surface area contributed by atoms with Crippen LogP contribution >= 0.6 is 0 Å². The number of hydrogen-bond donors (Lipinski definition) is 3. The molecule has 1 fully saturated rings. The molecule has 1 aliphatic rings. The number of hydrogen-bond acceptors (Lipinski definition) is 4. The number of phenols is 2. The van der Waals surface area contributed by atoms with Crippen molar-refractivity contribution in [1.29, 1.82) is 0 Å². The minimum atomic E-state index is 0.335. The van der Waals surface area contributed by atoms with Crippen molar-refractivity contribution in [3.63, 3.8) is 0 Å². The van der Waals surface area contributed by atoms with Crippen molar-refractivity contribution in [1.82, 2.24) is 10.2 Å². The molecule has 3 N–H and O–H groups in total. The Kier molecular flexibility index (Phi) is 7.96. The fraction of sp³-hybridized carbons (Fsp3) is 0.520. The molecule has 0 saturated carbocycles. The van der Waals surface area contributed by atoms with Gasteiger partial charge in [0.05, 0.1) is 0 Å². The van der Waals surface area contributed by atoms with Gasteiger partial charge in [-0.1, -0.05) is 31.2 Å². The standard InChI is InChI=1S/C25H36N2O2/c1-19-18-27(17-13-23(19)24-7-3-8-25(29)20(24)2)16-5-15-26-14-4-6-21-9-11-22(28)12-10-21/h3,7-12,19,23,26,28-29H,4-6,13-18H2,1-2H3/t19-,23+/m0/s1. The Hall–Kier alpha value is -2.04. The Morgan fingerprint density at radius 2 is 1.79 bits per heavy atom. The summed E-state index contributed by atoms with van der Waals surface area (Å²) in [7, 11) is 0. The number of piperidine rings is 1. The highest BCUT2D eigenvalue weighted by atomic mass is 16.3. The van der Waals surface area contributed by atoms with Crippen molar-refractivity contribution in [2.45, 2.75) is 45.4 Å². The first kappa shape index (κ1) is 21.7. The molecule has 0 bridgehead atoms. The predicted octanol–water partition coefficient (Wildman–Crippen LogP) is 4.44. The van der Waals surface area contributed by atoms with Crippen LogP contribution in [0.1, 0.15) is 48.8 Å². The van der Waals surface area contributed by atoms with Crippen LogP contribution in [0.25, 0.3) is 0 Å². The topological polar surface area (TPSA) is 55.7 Å². The zero-order valence-corrected chi connectivity index (χ0v) is 17.9. The first-order valence-corrected chi connectivity index (χ1v) is 11.0. The number of benzene rings is 2. The molecule has 158 valence electrons. The summed E-state index contributed by atoms with van der Waals surface area (Å²) in [6.45, 7) is 9.93. The summed E-state index contributed by atoms with van der Waals surface area (Å²) in [6, 6.07) is 13.5. The molecule has 0 radical (unpaired) electrons. The third-order valence-corrected chi connectivity index (χ3v) is 6.32. The molecule has 0 aromatic heterocycles. The van der Waals surface area contributed by atoms with Gasteiger partial charge in [0, 0.05) is 6.54 Å². The van der Waals surface area contributed by atoms with E-state index in [1.165, 1.54) is 24.0 Å². The van der Waals surface area contributed by atoms with Crippen LogP contribution in [0, 0.1) is 12.8 Å². The Balaban J connectivity index is 1.30. The minimum Gasteiger partial charge on any atom is -0.508 e. The van der Waals surface area contributed by atoms with E-state index in [1.807, 2.05) is 25.1 Å². The van der Waals surface area contributed by atoms with Gasteiger partial charge in [0.1, 0.15) is 11.5 Å². The molecule has 4 nitrogen and oxygen atoms in total. The third-order valence-electron chi connectivity index (χ3n) is 6.32. The summed E-state index contributed by atoms with van der Waals surface area (Å²) >= 11 is 0. The van der Waals surface area contributed by atoms with Gasteiger partial charge < -0.3 is 20.4 Å². The van der Waals surface area contributed by atoms with E-state index in [9.17, 15) is 10.2 Å². The molecule has 0 aliphatic carbocycles. The summed E-state index contributed by atoms with van der Waals surface area (Å²) < 4.78 is 0. The van der Waals surface area contributed by atoms with E-state index in [0.29, 0.717) is 23.3 Å². The summed E-state index contributed by atoms with van der Waals surface area (Å²) in [4.78, 5) is 2.59. The fourth-order valence-corrected chi connectivity index (χ4v) is 4.57. The Morgan fingerprint density at radius 3 is 2.55 bits per heavy atom. The molecular formula is C25H36N2O2. The number of likely N-dealkylation sites (tertiary alicyclic amines) is 1. The molecule has 1 aliphatic heterocycles. The molecule has 0 unspecified atom stereocenters. The zero-order chi connectivity index (χ0) is 20.6. The maximum absolute atomic E-state index is 10.0. The molecule has 2 atom stereocenters. The van der Waals surface area contributed by atoms with Gasteiger partial charge in [0.25, 0.3) is 0 Å². The van der Waals surface area contributed by atoms with E-state index in [0.717, 1.165) is 51.1 Å². The average Bonchev–Trinajstić information content (AvgIpc) is 2.71. The van der Waals surface area contributed by atoms with Gasteiger partial charge in [0.15, 0.2) is 0 Å². The smallest absolute Gasteiger partial charge is 0.118 e. The Bertz CT molecular complexity index is 760. The minimum absolute atomic E-state index is 0.335. The van der Waals surface area contributed by atoms with Crippen molar-refractivity contribution in [3.8, 4) is 11.5 Å². The van der Waals surface area contributed by atoms with Gasteiger partial charge in [-0.3, -0.25) is 0 Å². The maximum atomic E-state index is 10.0. The highest BCUT2D eigenvalue weighted by Crippen LogP contribution is 2.36. The SMILES string of the molecule is Cc1c(O)cccc1[C@@H]1CCN(CCCNCCCc2ccc(O)cc2)C[C@@H]1C. The van der Waals surface area contributed by atoms with E-state index in [2.05, 4.69) is 23.2 Å².